The predicted octanol–water partition coefficient (Wildman–Crippen LogP) is 4.76. The molecule has 1 N–H and O–H groups in total. The van der Waals surface area contributed by atoms with Gasteiger partial charge < -0.3 is 5.32 Å². The van der Waals surface area contributed by atoms with Gasteiger partial charge in [0.05, 0.1) is 0 Å². The molecule has 3 aromatic rings. The first kappa shape index (κ1) is 15.8. The monoisotopic (exact) mass is 343 g/mol. The zero-order valence-corrected chi connectivity index (χ0v) is 15.2. The van der Waals surface area contributed by atoms with Crippen LogP contribution >= 0.6 is 0 Å². The highest BCUT2D eigenvalue weighted by atomic mass is 15.3. The lowest BCUT2D eigenvalue weighted by Gasteiger charge is -2.26. The Labute approximate surface area is 155 Å². The average Bonchev–Trinajstić information content (AvgIpc) is 3.20. The molecule has 5 rings (SSSR count). The van der Waals surface area contributed by atoms with Gasteiger partial charge in [-0.05, 0) is 43.9 Å². The van der Waals surface area contributed by atoms with Crippen LogP contribution in [0.2, 0.25) is 0 Å². The molecule has 3 heteroatoms. The predicted molar refractivity (Wildman–Crippen MR) is 107 cm³/mol. The second-order valence-electron chi connectivity index (χ2n) is 7.85. The summed E-state index contributed by atoms with van der Waals surface area (Å²) in [5.41, 5.74) is 4.02. The molecule has 3 nitrogen and oxygen atoms in total. The number of hydrogen-bond acceptors (Lipinski definition) is 3. The van der Waals surface area contributed by atoms with Gasteiger partial charge in [0, 0.05) is 53.5 Å². The van der Waals surface area contributed by atoms with Crippen LogP contribution < -0.4 is 5.32 Å². The van der Waals surface area contributed by atoms with E-state index in [9.17, 15) is 0 Å². The summed E-state index contributed by atoms with van der Waals surface area (Å²) in [4.78, 5) is 6.98. The largest absolute Gasteiger partial charge is 0.380 e. The third-order valence-electron chi connectivity index (χ3n) is 6.19. The molecule has 132 valence electrons. The minimum absolute atomic E-state index is 0.540. The molecular formula is C23H25N3. The summed E-state index contributed by atoms with van der Waals surface area (Å²) in [6.45, 7) is 3.23. The summed E-state index contributed by atoms with van der Waals surface area (Å²) in [7, 11) is 0. The van der Waals surface area contributed by atoms with Crippen molar-refractivity contribution in [1.82, 2.24) is 9.88 Å². The SMILES string of the molecule is Cc1ccc(CN2C3CCC2C(Nc2cccc4cnccc24)C3)cc1. The summed E-state index contributed by atoms with van der Waals surface area (Å²) in [6, 6.07) is 19.5. The molecule has 3 atom stereocenters. The van der Waals surface area contributed by atoms with Crippen molar-refractivity contribution in [3.05, 3.63) is 72.1 Å². The zero-order valence-electron chi connectivity index (χ0n) is 15.2. The Morgan fingerprint density at radius 1 is 1.08 bits per heavy atom. The molecule has 1 aromatic heterocycles. The number of fused-ring (bicyclic) bond motifs is 3. The van der Waals surface area contributed by atoms with Gasteiger partial charge in [-0.15, -0.1) is 0 Å². The topological polar surface area (TPSA) is 28.2 Å². The van der Waals surface area contributed by atoms with Crippen LogP contribution in [0.4, 0.5) is 5.69 Å². The lowest BCUT2D eigenvalue weighted by Crippen LogP contribution is -2.36. The van der Waals surface area contributed by atoms with Crippen molar-refractivity contribution >= 4 is 16.5 Å². The van der Waals surface area contributed by atoms with E-state index in [1.54, 1.807) is 0 Å². The molecule has 2 bridgehead atoms. The lowest BCUT2D eigenvalue weighted by atomic mass is 9.95. The number of pyridine rings is 1. The van der Waals surface area contributed by atoms with Gasteiger partial charge in [0.2, 0.25) is 0 Å². The summed E-state index contributed by atoms with van der Waals surface area (Å²) in [5, 5.41) is 6.35. The Hall–Kier alpha value is -2.39. The molecule has 26 heavy (non-hydrogen) atoms. The fraction of sp³-hybridized carbons (Fsp3) is 0.348. The van der Waals surface area contributed by atoms with E-state index < -0.39 is 0 Å². The average molecular weight is 343 g/mol. The second kappa shape index (κ2) is 6.40. The van der Waals surface area contributed by atoms with Crippen LogP contribution in [-0.2, 0) is 6.54 Å². The molecule has 0 amide bonds. The number of aryl methyl sites for hydroxylation is 1. The molecular weight excluding hydrogens is 318 g/mol. The second-order valence-corrected chi connectivity index (χ2v) is 7.85. The first-order chi connectivity index (χ1) is 12.8. The van der Waals surface area contributed by atoms with Crippen LogP contribution in [0.3, 0.4) is 0 Å². The first-order valence-corrected chi connectivity index (χ1v) is 9.68. The van der Waals surface area contributed by atoms with Gasteiger partial charge in [0.15, 0.2) is 0 Å². The highest BCUT2D eigenvalue weighted by Gasteiger charge is 2.45. The van der Waals surface area contributed by atoms with Crippen molar-refractivity contribution in [2.24, 2.45) is 0 Å². The maximum Gasteiger partial charge on any atom is 0.0432 e. The highest BCUT2D eigenvalue weighted by molar-refractivity contribution is 5.93. The molecule has 2 saturated heterocycles. The van der Waals surface area contributed by atoms with Crippen LogP contribution in [0.1, 0.15) is 30.4 Å². The van der Waals surface area contributed by atoms with Gasteiger partial charge in [-0.25, -0.2) is 0 Å². The van der Waals surface area contributed by atoms with Crippen LogP contribution in [0.5, 0.6) is 0 Å². The van der Waals surface area contributed by atoms with Crippen molar-refractivity contribution < 1.29 is 0 Å². The normalized spacial score (nSPS) is 25.0. The van der Waals surface area contributed by atoms with Gasteiger partial charge in [0.1, 0.15) is 0 Å². The van der Waals surface area contributed by atoms with Crippen LogP contribution in [0.15, 0.2) is 60.9 Å². The number of nitrogens with zero attached hydrogens (tertiary/aromatic N) is 2. The number of nitrogens with one attached hydrogen (secondary N) is 1. The van der Waals surface area contributed by atoms with Crippen molar-refractivity contribution in [1.29, 1.82) is 0 Å². The summed E-state index contributed by atoms with van der Waals surface area (Å²) in [6.07, 6.45) is 7.73. The van der Waals surface area contributed by atoms with E-state index in [-0.39, 0.29) is 0 Å². The number of hydrogen-bond donors (Lipinski definition) is 1. The molecule has 2 aliphatic rings. The summed E-state index contributed by atoms with van der Waals surface area (Å²) >= 11 is 0. The van der Waals surface area contributed by atoms with E-state index in [1.807, 2.05) is 12.4 Å². The Morgan fingerprint density at radius 3 is 2.85 bits per heavy atom. The fourth-order valence-electron chi connectivity index (χ4n) is 4.86. The third kappa shape index (κ3) is 2.77. The van der Waals surface area contributed by atoms with Crippen molar-refractivity contribution in [2.75, 3.05) is 5.32 Å². The van der Waals surface area contributed by atoms with Gasteiger partial charge in [-0.3, -0.25) is 9.88 Å². The van der Waals surface area contributed by atoms with Crippen molar-refractivity contribution in [2.45, 2.75) is 50.9 Å². The highest BCUT2D eigenvalue weighted by Crippen LogP contribution is 2.40. The Kier molecular flexibility index (Phi) is 3.90. The molecule has 2 aromatic carbocycles. The smallest absolute Gasteiger partial charge is 0.0432 e. The Bertz CT molecular complexity index is 913. The molecule has 0 saturated carbocycles. The molecule has 3 unspecified atom stereocenters. The van der Waals surface area contributed by atoms with Gasteiger partial charge in [-0.2, -0.15) is 0 Å². The van der Waals surface area contributed by atoms with E-state index >= 15 is 0 Å². The lowest BCUT2D eigenvalue weighted by molar-refractivity contribution is 0.241. The van der Waals surface area contributed by atoms with E-state index in [1.165, 1.54) is 46.8 Å². The molecule has 0 spiro atoms. The van der Waals surface area contributed by atoms with Crippen LogP contribution in [0.25, 0.3) is 10.8 Å². The summed E-state index contributed by atoms with van der Waals surface area (Å²) in [5.74, 6) is 0. The molecule has 0 aliphatic carbocycles. The van der Waals surface area contributed by atoms with Crippen molar-refractivity contribution in [3.8, 4) is 0 Å². The van der Waals surface area contributed by atoms with E-state index in [0.29, 0.717) is 12.1 Å². The molecule has 2 aliphatic heterocycles. The van der Waals surface area contributed by atoms with Gasteiger partial charge in [0.25, 0.3) is 0 Å². The minimum Gasteiger partial charge on any atom is -0.380 e. The number of rotatable bonds is 4. The minimum atomic E-state index is 0.540. The number of benzene rings is 2. The molecule has 3 heterocycles. The number of aromatic nitrogens is 1. The van der Waals surface area contributed by atoms with Gasteiger partial charge >= 0.3 is 0 Å². The zero-order chi connectivity index (χ0) is 17.5. The van der Waals surface area contributed by atoms with Crippen molar-refractivity contribution in [3.63, 3.8) is 0 Å². The third-order valence-corrected chi connectivity index (χ3v) is 6.19. The maximum absolute atomic E-state index is 4.25. The first-order valence-electron chi connectivity index (χ1n) is 9.68. The van der Waals surface area contributed by atoms with E-state index in [4.69, 9.17) is 0 Å². The van der Waals surface area contributed by atoms with Gasteiger partial charge in [-0.1, -0.05) is 42.0 Å². The van der Waals surface area contributed by atoms with Crippen LogP contribution in [-0.4, -0.2) is 28.0 Å². The Balaban J connectivity index is 1.36. The number of anilines is 1. The summed E-state index contributed by atoms with van der Waals surface area (Å²) < 4.78 is 0. The quantitative estimate of drug-likeness (QED) is 0.740. The van der Waals surface area contributed by atoms with E-state index in [0.717, 1.165) is 12.6 Å². The molecule has 2 fully saturated rings. The Morgan fingerprint density at radius 2 is 1.96 bits per heavy atom. The maximum atomic E-state index is 4.25. The molecule has 0 radical (unpaired) electrons. The van der Waals surface area contributed by atoms with E-state index in [2.05, 4.69) is 70.7 Å². The fourth-order valence-corrected chi connectivity index (χ4v) is 4.86. The standard InChI is InChI=1S/C23H25N3/c1-16-5-7-17(8-6-16)15-26-19-9-10-23(26)22(13-19)25-21-4-2-3-18-14-24-12-11-20(18)21/h2-8,11-12,14,19,22-23,25H,9-10,13,15H2,1H3. The van der Waals surface area contributed by atoms with Crippen LogP contribution in [0, 0.1) is 6.92 Å².